The fourth-order valence-corrected chi connectivity index (χ4v) is 3.90. The molecule has 0 fully saturated rings. The molecule has 1 aliphatic carbocycles. The first-order valence-electron chi connectivity index (χ1n) is 7.57. The first-order valence-corrected chi connectivity index (χ1v) is 8.38. The highest BCUT2D eigenvalue weighted by molar-refractivity contribution is 7.14. The van der Waals surface area contributed by atoms with Crippen LogP contribution in [0.2, 0.25) is 0 Å². The zero-order valence-electron chi connectivity index (χ0n) is 12.8. The number of nitrogens with one attached hydrogen (secondary N) is 1. The number of hydrogen-bond acceptors (Lipinski definition) is 3. The van der Waals surface area contributed by atoms with Gasteiger partial charge in [0, 0.05) is 16.1 Å². The van der Waals surface area contributed by atoms with E-state index < -0.39 is 0 Å². The Kier molecular flexibility index (Phi) is 4.12. The van der Waals surface area contributed by atoms with Crippen molar-refractivity contribution in [1.82, 2.24) is 0 Å². The zero-order chi connectivity index (χ0) is 15.7. The number of benzene rings is 1. The molecular weight excluding hydrogens is 294 g/mol. The first-order chi connectivity index (χ1) is 10.5. The van der Waals surface area contributed by atoms with Crippen molar-refractivity contribution >= 4 is 28.7 Å². The number of aryl methyl sites for hydroxylation is 1. The van der Waals surface area contributed by atoms with Gasteiger partial charge in [0.25, 0.3) is 5.91 Å². The molecule has 1 N–H and O–H groups in total. The lowest BCUT2D eigenvalue weighted by molar-refractivity contribution is 0.101. The van der Waals surface area contributed by atoms with Crippen LogP contribution in [0.25, 0.3) is 0 Å². The molecule has 1 atom stereocenters. The van der Waals surface area contributed by atoms with Crippen LogP contribution in [0.1, 0.15) is 50.7 Å². The number of amides is 1. The Morgan fingerprint density at radius 3 is 2.64 bits per heavy atom. The van der Waals surface area contributed by atoms with Gasteiger partial charge in [-0.2, -0.15) is 0 Å². The zero-order valence-corrected chi connectivity index (χ0v) is 13.6. The van der Waals surface area contributed by atoms with E-state index in [9.17, 15) is 9.59 Å². The summed E-state index contributed by atoms with van der Waals surface area (Å²) in [7, 11) is 0. The molecule has 0 spiro atoms. The minimum atomic E-state index is -0.0670. The predicted octanol–water partition coefficient (Wildman–Crippen LogP) is 4.33. The van der Waals surface area contributed by atoms with Crippen LogP contribution in [0.5, 0.6) is 0 Å². The molecule has 4 heteroatoms. The summed E-state index contributed by atoms with van der Waals surface area (Å²) < 4.78 is 0. The molecule has 1 heterocycles. The van der Waals surface area contributed by atoms with Crippen LogP contribution < -0.4 is 5.32 Å². The summed E-state index contributed by atoms with van der Waals surface area (Å²) in [6.07, 6.45) is 3.37. The lowest BCUT2D eigenvalue weighted by Gasteiger charge is -2.16. The number of ketones is 1. The Labute approximate surface area is 134 Å². The number of fused-ring (bicyclic) bond motifs is 1. The normalized spacial score (nSPS) is 16.9. The van der Waals surface area contributed by atoms with Gasteiger partial charge in [-0.3, -0.25) is 9.59 Å². The van der Waals surface area contributed by atoms with Crippen LogP contribution in [0.4, 0.5) is 5.69 Å². The van der Waals surface area contributed by atoms with Crippen molar-refractivity contribution in [3.8, 4) is 0 Å². The van der Waals surface area contributed by atoms with Crippen LogP contribution in [-0.2, 0) is 12.8 Å². The van der Waals surface area contributed by atoms with E-state index in [1.54, 1.807) is 35.6 Å². The summed E-state index contributed by atoms with van der Waals surface area (Å²) >= 11 is 1.61. The maximum Gasteiger partial charge on any atom is 0.265 e. The van der Waals surface area contributed by atoms with Crippen LogP contribution in [0.15, 0.2) is 30.3 Å². The molecule has 3 nitrogen and oxygen atoms in total. The van der Waals surface area contributed by atoms with E-state index in [2.05, 4.69) is 12.2 Å². The van der Waals surface area contributed by atoms with Crippen molar-refractivity contribution in [3.63, 3.8) is 0 Å². The van der Waals surface area contributed by atoms with Crippen LogP contribution >= 0.6 is 11.3 Å². The third-order valence-corrected chi connectivity index (χ3v) is 5.34. The number of carbonyl (C=O) groups excluding carboxylic acids is 2. The molecule has 1 aliphatic rings. The summed E-state index contributed by atoms with van der Waals surface area (Å²) in [6.45, 7) is 3.79. The number of hydrogen-bond donors (Lipinski definition) is 1. The highest BCUT2D eigenvalue weighted by atomic mass is 32.1. The van der Waals surface area contributed by atoms with Crippen molar-refractivity contribution in [2.75, 3.05) is 5.32 Å². The minimum Gasteiger partial charge on any atom is -0.321 e. The molecule has 0 saturated heterocycles. The molecule has 1 aromatic carbocycles. The van der Waals surface area contributed by atoms with Crippen LogP contribution in [0, 0.1) is 5.92 Å². The largest absolute Gasteiger partial charge is 0.321 e. The van der Waals surface area contributed by atoms with Crippen molar-refractivity contribution in [1.29, 1.82) is 0 Å². The number of thiophene rings is 1. The Morgan fingerprint density at radius 1 is 1.23 bits per heavy atom. The van der Waals surface area contributed by atoms with E-state index in [1.807, 2.05) is 6.07 Å². The van der Waals surface area contributed by atoms with Gasteiger partial charge in [-0.05, 0) is 68.0 Å². The highest BCUT2D eigenvalue weighted by Crippen LogP contribution is 2.32. The Morgan fingerprint density at radius 2 is 1.95 bits per heavy atom. The summed E-state index contributed by atoms with van der Waals surface area (Å²) in [4.78, 5) is 25.7. The Bertz CT molecular complexity index is 715. The van der Waals surface area contributed by atoms with E-state index in [1.165, 1.54) is 23.8 Å². The van der Waals surface area contributed by atoms with Crippen molar-refractivity contribution in [3.05, 3.63) is 51.2 Å². The lowest BCUT2D eigenvalue weighted by Crippen LogP contribution is -2.10. The van der Waals surface area contributed by atoms with Gasteiger partial charge in [0.05, 0.1) is 4.88 Å². The fourth-order valence-electron chi connectivity index (χ4n) is 2.80. The maximum atomic E-state index is 12.4. The summed E-state index contributed by atoms with van der Waals surface area (Å²) in [5.74, 6) is 0.665. The Hall–Kier alpha value is -1.94. The number of Topliss-reactive ketones (excluding diaryl/α,β-unsaturated/α-hetero) is 1. The topological polar surface area (TPSA) is 46.2 Å². The summed E-state index contributed by atoms with van der Waals surface area (Å²) in [5, 5.41) is 2.90. The first kappa shape index (κ1) is 15.0. The van der Waals surface area contributed by atoms with Gasteiger partial charge in [-0.15, -0.1) is 11.3 Å². The third kappa shape index (κ3) is 3.12. The van der Waals surface area contributed by atoms with Crippen LogP contribution in [0.3, 0.4) is 0 Å². The van der Waals surface area contributed by atoms with Gasteiger partial charge in [-0.1, -0.05) is 6.92 Å². The molecule has 0 saturated carbocycles. The van der Waals surface area contributed by atoms with Gasteiger partial charge < -0.3 is 5.32 Å². The average molecular weight is 313 g/mol. The van der Waals surface area contributed by atoms with E-state index in [0.717, 1.165) is 23.4 Å². The van der Waals surface area contributed by atoms with E-state index >= 15 is 0 Å². The standard InChI is InChI=1S/C18H19NO2S/c1-11-3-8-16-14(9-11)10-17(22-16)18(21)19-15-6-4-13(5-7-15)12(2)20/h4-7,10-11H,3,8-9H2,1-2H3,(H,19,21). The van der Waals surface area contributed by atoms with Gasteiger partial charge in [-0.25, -0.2) is 0 Å². The number of anilines is 1. The van der Waals surface area contributed by atoms with E-state index in [4.69, 9.17) is 0 Å². The molecule has 2 aromatic rings. The molecule has 1 unspecified atom stereocenters. The fraction of sp³-hybridized carbons (Fsp3) is 0.333. The predicted molar refractivity (Wildman–Crippen MR) is 89.9 cm³/mol. The summed E-state index contributed by atoms with van der Waals surface area (Å²) in [5.41, 5.74) is 2.70. The molecule has 0 aliphatic heterocycles. The second kappa shape index (κ2) is 6.05. The van der Waals surface area contributed by atoms with Crippen molar-refractivity contribution in [2.45, 2.75) is 33.1 Å². The molecule has 0 bridgehead atoms. The van der Waals surface area contributed by atoms with Crippen LogP contribution in [-0.4, -0.2) is 11.7 Å². The molecule has 114 valence electrons. The van der Waals surface area contributed by atoms with Gasteiger partial charge in [0.1, 0.15) is 0 Å². The number of carbonyl (C=O) groups is 2. The monoisotopic (exact) mass is 313 g/mol. The lowest BCUT2D eigenvalue weighted by atomic mass is 9.90. The quantitative estimate of drug-likeness (QED) is 0.857. The molecular formula is C18H19NO2S. The Balaban J connectivity index is 1.73. The molecule has 22 heavy (non-hydrogen) atoms. The molecule has 1 aromatic heterocycles. The van der Waals surface area contributed by atoms with Gasteiger partial charge in [0.2, 0.25) is 0 Å². The SMILES string of the molecule is CC(=O)c1ccc(NC(=O)c2cc3c(s2)CCC(C)C3)cc1. The van der Waals surface area contributed by atoms with E-state index in [0.29, 0.717) is 11.5 Å². The molecule has 0 radical (unpaired) electrons. The minimum absolute atomic E-state index is 0.0259. The van der Waals surface area contributed by atoms with E-state index in [-0.39, 0.29) is 11.7 Å². The summed E-state index contributed by atoms with van der Waals surface area (Å²) in [6, 6.07) is 9.04. The maximum absolute atomic E-state index is 12.4. The smallest absolute Gasteiger partial charge is 0.265 e. The average Bonchev–Trinajstić information content (AvgIpc) is 2.91. The molecule has 1 amide bonds. The second-order valence-electron chi connectivity index (χ2n) is 5.99. The van der Waals surface area contributed by atoms with Gasteiger partial charge in [0.15, 0.2) is 5.78 Å². The van der Waals surface area contributed by atoms with Crippen molar-refractivity contribution < 1.29 is 9.59 Å². The van der Waals surface area contributed by atoms with Crippen molar-refractivity contribution in [2.24, 2.45) is 5.92 Å². The molecule has 3 rings (SSSR count). The third-order valence-electron chi connectivity index (χ3n) is 4.10. The second-order valence-corrected chi connectivity index (χ2v) is 7.13. The van der Waals surface area contributed by atoms with Gasteiger partial charge >= 0.3 is 0 Å². The highest BCUT2D eigenvalue weighted by Gasteiger charge is 2.20. The number of rotatable bonds is 3.